The first-order chi connectivity index (χ1) is 9.70. The fourth-order valence-electron chi connectivity index (χ4n) is 2.09. The highest BCUT2D eigenvalue weighted by Crippen LogP contribution is 2.22. The third-order valence-electron chi connectivity index (χ3n) is 3.18. The lowest BCUT2D eigenvalue weighted by molar-refractivity contribution is 0.588. The topological polar surface area (TPSA) is 28.2 Å². The summed E-state index contributed by atoms with van der Waals surface area (Å²) < 4.78 is 0. The third-order valence-corrected chi connectivity index (χ3v) is 3.18. The van der Waals surface area contributed by atoms with E-state index in [1.165, 1.54) is 11.3 Å². The van der Waals surface area contributed by atoms with Crippen molar-refractivity contribution in [2.24, 2.45) is 0 Å². The van der Waals surface area contributed by atoms with Crippen LogP contribution in [0.5, 0.6) is 0 Å². The van der Waals surface area contributed by atoms with Crippen LogP contribution in [0.1, 0.15) is 26.3 Å². The second-order valence-electron chi connectivity index (χ2n) is 5.14. The lowest BCUT2D eigenvalue weighted by Crippen LogP contribution is -2.22. The van der Waals surface area contributed by atoms with Gasteiger partial charge in [0.2, 0.25) is 0 Å². The number of rotatable bonds is 6. The number of nitrogens with one attached hydrogen (secondary N) is 1. The highest BCUT2D eigenvalue weighted by Gasteiger charge is 2.07. The molecule has 3 heteroatoms. The molecule has 0 aliphatic heterocycles. The number of benzene rings is 1. The van der Waals surface area contributed by atoms with Gasteiger partial charge in [-0.05, 0) is 30.7 Å². The predicted molar refractivity (Wildman–Crippen MR) is 85.3 cm³/mol. The molecule has 0 aliphatic carbocycles. The molecule has 0 spiro atoms. The summed E-state index contributed by atoms with van der Waals surface area (Å²) in [6, 6.07) is 15.1. The van der Waals surface area contributed by atoms with Gasteiger partial charge in [0.1, 0.15) is 5.82 Å². The van der Waals surface area contributed by atoms with Gasteiger partial charge in [-0.1, -0.05) is 38.1 Å². The van der Waals surface area contributed by atoms with Gasteiger partial charge in [-0.3, -0.25) is 0 Å². The van der Waals surface area contributed by atoms with Crippen LogP contribution in [-0.2, 0) is 6.54 Å². The number of hydrogen-bond donors (Lipinski definition) is 1. The summed E-state index contributed by atoms with van der Waals surface area (Å²) in [7, 11) is 0. The van der Waals surface area contributed by atoms with Crippen molar-refractivity contribution in [3.8, 4) is 0 Å². The van der Waals surface area contributed by atoms with E-state index >= 15 is 0 Å². The van der Waals surface area contributed by atoms with Crippen LogP contribution in [0.25, 0.3) is 0 Å². The van der Waals surface area contributed by atoms with Gasteiger partial charge in [0, 0.05) is 31.0 Å². The van der Waals surface area contributed by atoms with Gasteiger partial charge in [0.05, 0.1) is 0 Å². The van der Waals surface area contributed by atoms with Crippen LogP contribution in [0.15, 0.2) is 48.7 Å². The molecule has 2 rings (SSSR count). The summed E-state index contributed by atoms with van der Waals surface area (Å²) in [6.45, 7) is 8.21. The highest BCUT2D eigenvalue weighted by molar-refractivity contribution is 5.59. The summed E-state index contributed by atoms with van der Waals surface area (Å²) in [5.74, 6) is 0.993. The monoisotopic (exact) mass is 269 g/mol. The molecule has 0 saturated carbocycles. The number of hydrogen-bond acceptors (Lipinski definition) is 3. The van der Waals surface area contributed by atoms with Crippen LogP contribution >= 0.6 is 0 Å². The van der Waals surface area contributed by atoms with Gasteiger partial charge in [-0.15, -0.1) is 0 Å². The summed E-state index contributed by atoms with van der Waals surface area (Å²) >= 11 is 0. The van der Waals surface area contributed by atoms with Crippen molar-refractivity contribution >= 4 is 11.5 Å². The van der Waals surface area contributed by atoms with Crippen LogP contribution in [0.3, 0.4) is 0 Å². The Morgan fingerprint density at radius 3 is 2.40 bits per heavy atom. The Morgan fingerprint density at radius 2 is 1.85 bits per heavy atom. The first kappa shape index (κ1) is 14.5. The Hall–Kier alpha value is -1.87. The van der Waals surface area contributed by atoms with Crippen molar-refractivity contribution in [3.05, 3.63) is 54.2 Å². The van der Waals surface area contributed by atoms with E-state index < -0.39 is 0 Å². The summed E-state index contributed by atoms with van der Waals surface area (Å²) in [5.41, 5.74) is 2.39. The van der Waals surface area contributed by atoms with Crippen molar-refractivity contribution in [2.75, 3.05) is 11.4 Å². The van der Waals surface area contributed by atoms with E-state index in [9.17, 15) is 0 Å². The van der Waals surface area contributed by atoms with Crippen LogP contribution in [-0.4, -0.2) is 17.6 Å². The number of anilines is 2. The lowest BCUT2D eigenvalue weighted by Gasteiger charge is -2.22. The molecule has 20 heavy (non-hydrogen) atoms. The van der Waals surface area contributed by atoms with Crippen molar-refractivity contribution in [3.63, 3.8) is 0 Å². The molecule has 0 radical (unpaired) electrons. The maximum atomic E-state index is 4.59. The molecule has 0 saturated heterocycles. The number of pyridine rings is 1. The molecular formula is C17H23N3. The van der Waals surface area contributed by atoms with Gasteiger partial charge < -0.3 is 10.2 Å². The molecule has 106 valence electrons. The van der Waals surface area contributed by atoms with Crippen LogP contribution < -0.4 is 10.2 Å². The molecule has 1 aromatic carbocycles. The molecule has 2 aromatic rings. The Bertz CT molecular complexity index is 506. The molecule has 0 unspecified atom stereocenters. The predicted octanol–water partition coefficient (Wildman–Crippen LogP) is 3.74. The zero-order valence-corrected chi connectivity index (χ0v) is 12.5. The van der Waals surface area contributed by atoms with Crippen molar-refractivity contribution in [1.29, 1.82) is 0 Å². The molecule has 1 aromatic heterocycles. The van der Waals surface area contributed by atoms with Crippen molar-refractivity contribution in [1.82, 2.24) is 10.3 Å². The number of nitrogens with zero attached hydrogens (tertiary/aromatic N) is 2. The molecule has 1 N–H and O–H groups in total. The molecule has 0 amide bonds. The first-order valence-corrected chi connectivity index (χ1v) is 7.21. The normalized spacial score (nSPS) is 10.8. The fraction of sp³-hybridized carbons (Fsp3) is 0.353. The fourth-order valence-corrected chi connectivity index (χ4v) is 2.09. The highest BCUT2D eigenvalue weighted by atomic mass is 15.2. The van der Waals surface area contributed by atoms with Gasteiger partial charge in [0.15, 0.2) is 0 Å². The number of para-hydroxylation sites is 1. The summed E-state index contributed by atoms with van der Waals surface area (Å²) in [6.07, 6.45) is 1.95. The average molecular weight is 269 g/mol. The first-order valence-electron chi connectivity index (χ1n) is 7.21. The van der Waals surface area contributed by atoms with E-state index in [0.29, 0.717) is 6.04 Å². The van der Waals surface area contributed by atoms with E-state index in [2.05, 4.69) is 72.4 Å². The molecule has 0 atom stereocenters. The Morgan fingerprint density at radius 1 is 1.10 bits per heavy atom. The quantitative estimate of drug-likeness (QED) is 0.866. The number of aromatic nitrogens is 1. The van der Waals surface area contributed by atoms with E-state index in [1.54, 1.807) is 0 Å². The second kappa shape index (κ2) is 7.06. The molecular weight excluding hydrogens is 246 g/mol. The van der Waals surface area contributed by atoms with Gasteiger partial charge in [-0.25, -0.2) is 4.98 Å². The van der Waals surface area contributed by atoms with Gasteiger partial charge >= 0.3 is 0 Å². The lowest BCUT2D eigenvalue weighted by atomic mass is 10.2. The maximum absolute atomic E-state index is 4.59. The van der Waals surface area contributed by atoms with Crippen LogP contribution in [0.4, 0.5) is 11.5 Å². The molecule has 0 aliphatic rings. The Kier molecular flexibility index (Phi) is 5.13. The largest absolute Gasteiger partial charge is 0.327 e. The SMILES string of the molecule is CCN(c1ccccc1)c1ccc(CNC(C)C)cn1. The van der Waals surface area contributed by atoms with E-state index in [1.807, 2.05) is 12.3 Å². The van der Waals surface area contributed by atoms with Gasteiger partial charge in [0.25, 0.3) is 0 Å². The Labute approximate surface area is 121 Å². The third kappa shape index (κ3) is 3.81. The molecule has 3 nitrogen and oxygen atoms in total. The standard InChI is InChI=1S/C17H23N3/c1-4-20(16-8-6-5-7-9-16)17-11-10-15(13-19-17)12-18-14(2)3/h5-11,13-14,18H,4,12H2,1-3H3. The van der Waals surface area contributed by atoms with E-state index in [0.717, 1.165) is 18.9 Å². The van der Waals surface area contributed by atoms with Crippen LogP contribution in [0, 0.1) is 0 Å². The average Bonchev–Trinajstić information content (AvgIpc) is 2.48. The molecule has 0 fully saturated rings. The molecule has 1 heterocycles. The molecule has 0 bridgehead atoms. The smallest absolute Gasteiger partial charge is 0.132 e. The van der Waals surface area contributed by atoms with Crippen molar-refractivity contribution in [2.45, 2.75) is 33.4 Å². The maximum Gasteiger partial charge on any atom is 0.132 e. The summed E-state index contributed by atoms with van der Waals surface area (Å²) in [5, 5.41) is 3.40. The van der Waals surface area contributed by atoms with E-state index in [4.69, 9.17) is 0 Å². The van der Waals surface area contributed by atoms with Crippen molar-refractivity contribution < 1.29 is 0 Å². The van der Waals surface area contributed by atoms with Crippen LogP contribution in [0.2, 0.25) is 0 Å². The summed E-state index contributed by atoms with van der Waals surface area (Å²) in [4.78, 5) is 6.80. The van der Waals surface area contributed by atoms with Gasteiger partial charge in [-0.2, -0.15) is 0 Å². The second-order valence-corrected chi connectivity index (χ2v) is 5.14. The Balaban J connectivity index is 2.11. The minimum absolute atomic E-state index is 0.492. The van der Waals surface area contributed by atoms with E-state index in [-0.39, 0.29) is 0 Å². The zero-order valence-electron chi connectivity index (χ0n) is 12.5. The zero-order chi connectivity index (χ0) is 14.4. The minimum Gasteiger partial charge on any atom is -0.327 e. The minimum atomic E-state index is 0.492.